The maximum atomic E-state index is 11.6. The molecule has 1 aliphatic heterocycles. The molecule has 0 unspecified atom stereocenters. The maximum Gasteiger partial charge on any atom is 0.375 e. The molecule has 6 heteroatoms. The van der Waals surface area contributed by atoms with Gasteiger partial charge in [0, 0.05) is 5.56 Å². The second kappa shape index (κ2) is 3.24. The van der Waals surface area contributed by atoms with Crippen LogP contribution in [-0.2, 0) is 4.79 Å². The van der Waals surface area contributed by atoms with Crippen molar-refractivity contribution in [3.63, 3.8) is 0 Å². The van der Waals surface area contributed by atoms with Crippen LogP contribution in [0.15, 0.2) is 18.2 Å². The Morgan fingerprint density at radius 2 is 2.06 bits per heavy atom. The topological polar surface area (TPSA) is 82.6 Å². The number of carbonyl (C=O) groups is 3. The number of hydrogen-bond donors (Lipinski definition) is 0. The van der Waals surface area contributed by atoms with Crippen molar-refractivity contribution in [3.05, 3.63) is 34.4 Å². The minimum atomic E-state index is -0.966. The maximum absolute atomic E-state index is 11.6. The van der Waals surface area contributed by atoms with Crippen molar-refractivity contribution < 1.29 is 14.4 Å². The van der Waals surface area contributed by atoms with Crippen LogP contribution < -0.4 is 5.01 Å². The molecule has 2 rings (SSSR count). The SMILES string of the molecule is CC(=O)c1cccc2c1C(=O)C(=O)N2[N+]#N. The number of diazo groups is 1. The normalized spacial score (nSPS) is 13.6. The summed E-state index contributed by atoms with van der Waals surface area (Å²) in [7, 11) is 0. The molecule has 0 saturated heterocycles. The number of carbonyl (C=O) groups excluding carboxylic acids is 3. The van der Waals surface area contributed by atoms with Crippen molar-refractivity contribution in [1.82, 2.24) is 0 Å². The van der Waals surface area contributed by atoms with E-state index in [1.807, 2.05) is 0 Å². The number of anilines is 1. The summed E-state index contributed by atoms with van der Waals surface area (Å²) in [6, 6.07) is 4.40. The van der Waals surface area contributed by atoms with Gasteiger partial charge in [-0.25, -0.2) is 0 Å². The molecule has 0 radical (unpaired) electrons. The number of ketones is 2. The Morgan fingerprint density at radius 1 is 1.38 bits per heavy atom. The summed E-state index contributed by atoms with van der Waals surface area (Å²) in [5, 5.41) is 11.9. The van der Waals surface area contributed by atoms with Crippen LogP contribution in [0.3, 0.4) is 0 Å². The minimum Gasteiger partial charge on any atom is -0.294 e. The summed E-state index contributed by atoms with van der Waals surface area (Å²) >= 11 is 0. The van der Waals surface area contributed by atoms with Gasteiger partial charge in [-0.2, -0.15) is 0 Å². The number of nitrogens with zero attached hydrogens (tertiary/aromatic N) is 3. The number of Topliss-reactive ketones (excluding diaryl/α,β-unsaturated/α-hetero) is 2. The Hall–Kier alpha value is -2.55. The zero-order chi connectivity index (χ0) is 11.9. The van der Waals surface area contributed by atoms with Crippen LogP contribution in [0.1, 0.15) is 27.6 Å². The monoisotopic (exact) mass is 216 g/mol. The Bertz CT molecular complexity index is 571. The Labute approximate surface area is 90.1 Å². The van der Waals surface area contributed by atoms with Crippen LogP contribution in [0.25, 0.3) is 5.08 Å². The van der Waals surface area contributed by atoms with Crippen molar-refractivity contribution in [1.29, 1.82) is 5.39 Å². The van der Waals surface area contributed by atoms with E-state index in [4.69, 9.17) is 5.39 Å². The van der Waals surface area contributed by atoms with Crippen LogP contribution in [0, 0.1) is 5.39 Å². The zero-order valence-electron chi connectivity index (χ0n) is 8.30. The van der Waals surface area contributed by atoms with Gasteiger partial charge in [0.25, 0.3) is 11.2 Å². The van der Waals surface area contributed by atoms with E-state index >= 15 is 0 Å². The van der Waals surface area contributed by atoms with E-state index in [0.717, 1.165) is 0 Å². The fraction of sp³-hybridized carbons (Fsp3) is 0.100. The van der Waals surface area contributed by atoms with Gasteiger partial charge in [-0.15, -0.1) is 0 Å². The Balaban J connectivity index is 2.76. The van der Waals surface area contributed by atoms with Crippen LogP contribution in [0.2, 0.25) is 0 Å². The van der Waals surface area contributed by atoms with Crippen LogP contribution in [0.4, 0.5) is 5.69 Å². The minimum absolute atomic E-state index is 0.00204. The summed E-state index contributed by atoms with van der Waals surface area (Å²) < 4.78 is 0. The van der Waals surface area contributed by atoms with Gasteiger partial charge in [0.2, 0.25) is 0 Å². The smallest absolute Gasteiger partial charge is 0.294 e. The molecule has 0 aromatic heterocycles. The standard InChI is InChI=1S/C10H6N3O3/c1-5(14)6-3-2-4-7-8(6)9(15)10(16)13(7)12-11/h2-4H,1H3/q+1. The first-order chi connectivity index (χ1) is 7.57. The van der Waals surface area contributed by atoms with Crippen molar-refractivity contribution in [2.45, 2.75) is 6.92 Å². The molecule has 1 aromatic rings. The zero-order valence-corrected chi connectivity index (χ0v) is 8.30. The third-order valence-corrected chi connectivity index (χ3v) is 2.35. The number of benzene rings is 1. The van der Waals surface area contributed by atoms with Gasteiger partial charge in [-0.05, 0) is 13.0 Å². The second-order valence-electron chi connectivity index (χ2n) is 3.29. The number of hydrogen-bond acceptors (Lipinski definition) is 4. The molecule has 0 spiro atoms. The lowest BCUT2D eigenvalue weighted by Crippen LogP contribution is -2.22. The van der Waals surface area contributed by atoms with Gasteiger partial charge in [-0.1, -0.05) is 12.1 Å². The molecule has 0 saturated carbocycles. The quantitative estimate of drug-likeness (QED) is 0.401. The summed E-state index contributed by atoms with van der Waals surface area (Å²) in [4.78, 5) is 34.2. The van der Waals surface area contributed by atoms with Gasteiger partial charge >= 0.3 is 11.0 Å². The molecule has 0 bridgehead atoms. The first kappa shape index (κ1) is 9.98. The summed E-state index contributed by atoms with van der Waals surface area (Å²) in [5.41, 5.74) is 0.282. The van der Waals surface area contributed by atoms with E-state index in [0.29, 0.717) is 5.01 Å². The highest BCUT2D eigenvalue weighted by Gasteiger charge is 2.46. The highest BCUT2D eigenvalue weighted by Crippen LogP contribution is 2.31. The lowest BCUT2D eigenvalue weighted by atomic mass is 10.0. The molecule has 6 nitrogen and oxygen atoms in total. The average Bonchev–Trinajstić information content (AvgIpc) is 2.51. The van der Waals surface area contributed by atoms with Gasteiger partial charge in [0.15, 0.2) is 5.78 Å². The first-order valence-corrected chi connectivity index (χ1v) is 4.45. The highest BCUT2D eigenvalue weighted by molar-refractivity contribution is 6.53. The van der Waals surface area contributed by atoms with Crippen molar-refractivity contribution in [2.75, 3.05) is 5.01 Å². The first-order valence-electron chi connectivity index (χ1n) is 4.45. The summed E-state index contributed by atoms with van der Waals surface area (Å²) in [6.07, 6.45) is 0. The average molecular weight is 216 g/mol. The fourth-order valence-corrected chi connectivity index (χ4v) is 1.65. The summed E-state index contributed by atoms with van der Waals surface area (Å²) in [6.45, 7) is 1.30. The third-order valence-electron chi connectivity index (χ3n) is 2.35. The molecular weight excluding hydrogens is 210 g/mol. The largest absolute Gasteiger partial charge is 0.375 e. The molecular formula is C10H6N3O3+. The molecule has 0 fully saturated rings. The molecule has 1 aromatic carbocycles. The Kier molecular flexibility index (Phi) is 2.02. The number of rotatable bonds is 1. The van der Waals surface area contributed by atoms with E-state index < -0.39 is 11.7 Å². The van der Waals surface area contributed by atoms with Crippen molar-refractivity contribution >= 4 is 23.2 Å². The Morgan fingerprint density at radius 3 is 2.62 bits per heavy atom. The van der Waals surface area contributed by atoms with Gasteiger partial charge in [-0.3, -0.25) is 14.4 Å². The third kappa shape index (κ3) is 1.12. The van der Waals surface area contributed by atoms with Crippen molar-refractivity contribution in [2.24, 2.45) is 0 Å². The molecule has 0 atom stereocenters. The molecule has 1 heterocycles. The van der Waals surface area contributed by atoms with Gasteiger partial charge < -0.3 is 0 Å². The predicted octanol–water partition coefficient (Wildman–Crippen LogP) is 1.19. The van der Waals surface area contributed by atoms with E-state index in [9.17, 15) is 14.4 Å². The lowest BCUT2D eigenvalue weighted by molar-refractivity contribution is -0.113. The predicted molar refractivity (Wildman–Crippen MR) is 53.3 cm³/mol. The van der Waals surface area contributed by atoms with Gasteiger partial charge in [0.1, 0.15) is 5.69 Å². The van der Waals surface area contributed by atoms with Gasteiger partial charge in [0.05, 0.1) is 10.6 Å². The molecule has 0 aliphatic carbocycles. The fourth-order valence-electron chi connectivity index (χ4n) is 1.65. The molecule has 16 heavy (non-hydrogen) atoms. The number of fused-ring (bicyclic) bond motifs is 1. The molecule has 1 aliphatic rings. The summed E-state index contributed by atoms with van der Waals surface area (Å²) in [5.74, 6) is -2.12. The van der Waals surface area contributed by atoms with Crippen molar-refractivity contribution in [3.8, 4) is 0 Å². The van der Waals surface area contributed by atoms with Crippen LogP contribution >= 0.6 is 0 Å². The number of amides is 1. The van der Waals surface area contributed by atoms with Crippen LogP contribution in [-0.4, -0.2) is 17.5 Å². The van der Waals surface area contributed by atoms with E-state index in [1.54, 1.807) is 0 Å². The molecule has 78 valence electrons. The highest BCUT2D eigenvalue weighted by atomic mass is 16.2. The lowest BCUT2D eigenvalue weighted by Gasteiger charge is -1.99. The van der Waals surface area contributed by atoms with E-state index in [1.165, 1.54) is 25.1 Å². The van der Waals surface area contributed by atoms with E-state index in [-0.39, 0.29) is 22.6 Å². The molecule has 1 amide bonds. The molecule has 0 N–H and O–H groups in total. The second-order valence-corrected chi connectivity index (χ2v) is 3.29. The van der Waals surface area contributed by atoms with E-state index in [2.05, 4.69) is 5.08 Å². The van der Waals surface area contributed by atoms with Crippen LogP contribution in [0.5, 0.6) is 0 Å².